The highest BCUT2D eigenvalue weighted by atomic mass is 16.7. The molecule has 87 heavy (non-hydrogen) atoms. The second-order valence-electron chi connectivity index (χ2n) is 23.3. The summed E-state index contributed by atoms with van der Waals surface area (Å²) in [5.74, 6) is -5.40. The van der Waals surface area contributed by atoms with Crippen molar-refractivity contribution in [2.45, 2.75) is 223 Å². The molecule has 1 aromatic rings. The van der Waals surface area contributed by atoms with Gasteiger partial charge in [-0.15, -0.1) is 0 Å². The lowest BCUT2D eigenvalue weighted by molar-refractivity contribution is -0.233. The lowest BCUT2D eigenvalue weighted by atomic mass is 9.97. The highest BCUT2D eigenvalue weighted by molar-refractivity contribution is 6.04. The van der Waals surface area contributed by atoms with Crippen molar-refractivity contribution in [2.75, 3.05) is 46.4 Å². The molecule has 4 fully saturated rings. The molecule has 4 saturated heterocycles. The maximum absolute atomic E-state index is 15.1. The van der Waals surface area contributed by atoms with Crippen molar-refractivity contribution in [1.82, 2.24) is 61.9 Å². The van der Waals surface area contributed by atoms with Crippen molar-refractivity contribution in [3.8, 4) is 0 Å². The molecule has 1 aromatic heterocycles. The van der Waals surface area contributed by atoms with Gasteiger partial charge in [0.1, 0.15) is 66.9 Å². The first-order valence-corrected chi connectivity index (χ1v) is 30.6. The van der Waals surface area contributed by atoms with Gasteiger partial charge in [0.15, 0.2) is 18.5 Å². The normalized spacial score (nSPS) is 25.6. The van der Waals surface area contributed by atoms with E-state index in [1.165, 1.54) is 7.11 Å². The number of aliphatic carboxylic acids is 1. The van der Waals surface area contributed by atoms with Gasteiger partial charge in [-0.3, -0.25) is 39.0 Å². The molecule has 31 nitrogen and oxygen atoms in total. The average Bonchev–Trinajstić information content (AvgIpc) is 1.64. The molecule has 15 N–H and O–H groups in total. The van der Waals surface area contributed by atoms with Crippen molar-refractivity contribution in [1.29, 1.82) is 5.41 Å². The van der Waals surface area contributed by atoms with E-state index in [-0.39, 0.29) is 51.5 Å². The summed E-state index contributed by atoms with van der Waals surface area (Å²) in [5, 5.41) is 85.3. The third-order valence-electron chi connectivity index (χ3n) is 16.0. The topological polar surface area (TPSA) is 439 Å². The first kappa shape index (κ1) is 71.3. The molecule has 31 heteroatoms. The second kappa shape index (κ2) is 34.9. The number of methoxy groups -OCH3 is 1. The zero-order valence-corrected chi connectivity index (χ0v) is 51.0. The number of rotatable bonds is 36. The van der Waals surface area contributed by atoms with Crippen LogP contribution in [0.1, 0.15) is 138 Å². The van der Waals surface area contributed by atoms with Gasteiger partial charge in [-0.05, 0) is 37.5 Å². The van der Waals surface area contributed by atoms with E-state index in [2.05, 4.69) is 61.4 Å². The van der Waals surface area contributed by atoms with Gasteiger partial charge in [0.25, 0.3) is 11.5 Å². The van der Waals surface area contributed by atoms with Crippen LogP contribution in [0.15, 0.2) is 21.9 Å². The van der Waals surface area contributed by atoms with E-state index in [4.69, 9.17) is 24.4 Å². The molecule has 9 amide bonds. The first-order valence-electron chi connectivity index (χ1n) is 30.6. The Kier molecular flexibility index (Phi) is 28.6. The van der Waals surface area contributed by atoms with Gasteiger partial charge < -0.3 is 91.9 Å². The highest BCUT2D eigenvalue weighted by Gasteiger charge is 2.59. The van der Waals surface area contributed by atoms with E-state index >= 15 is 4.79 Å². The number of aliphatic hydroxyl groups is 4. The molecule has 0 radical (unpaired) electrons. The fraction of sp³-hybridized carbons (Fsp3) is 0.786. The van der Waals surface area contributed by atoms with Crippen LogP contribution in [-0.4, -0.2) is 224 Å². The number of amides is 9. The van der Waals surface area contributed by atoms with Gasteiger partial charge >= 0.3 is 29.8 Å². The van der Waals surface area contributed by atoms with Crippen LogP contribution in [-0.2, 0) is 38.1 Å². The molecule has 492 valence electrons. The third kappa shape index (κ3) is 19.8. The molecule has 0 aliphatic carbocycles. The summed E-state index contributed by atoms with van der Waals surface area (Å²) >= 11 is 0. The fourth-order valence-corrected chi connectivity index (χ4v) is 11.0. The number of unbranched alkanes of at least 4 members (excludes halogenated alkanes) is 10. The molecule has 8 unspecified atom stereocenters. The van der Waals surface area contributed by atoms with Gasteiger partial charge in [-0.2, -0.15) is 0 Å². The number of hydrogen-bond donors (Lipinski definition) is 15. The lowest BCUT2D eigenvalue weighted by Crippen LogP contribution is -2.67. The van der Waals surface area contributed by atoms with E-state index in [9.17, 15) is 63.9 Å². The van der Waals surface area contributed by atoms with Crippen LogP contribution in [0.25, 0.3) is 0 Å². The number of nitrogens with one attached hydrogen (secondary N) is 10. The molecular weight excluding hydrogens is 1140 g/mol. The Balaban J connectivity index is 1.43. The summed E-state index contributed by atoms with van der Waals surface area (Å²) in [6.45, 7) is 10.2. The Labute approximate surface area is 506 Å². The molecule has 0 spiro atoms. The number of urea groups is 3. The number of hydrogen-bond acceptors (Lipinski definition) is 18. The Morgan fingerprint density at radius 1 is 0.759 bits per heavy atom. The van der Waals surface area contributed by atoms with Gasteiger partial charge in [0.2, 0.25) is 11.8 Å². The number of aliphatic hydroxyl groups excluding tert-OH is 4. The summed E-state index contributed by atoms with van der Waals surface area (Å²) < 4.78 is 25.5. The highest BCUT2D eigenvalue weighted by Crippen LogP contribution is 2.38. The molecule has 0 bridgehead atoms. The molecule has 0 saturated carbocycles. The number of nitrogens with zero attached hydrogens (tertiary/aromatic N) is 3. The number of aromatic nitrogens is 2. The van der Waals surface area contributed by atoms with Crippen LogP contribution in [0.2, 0.25) is 0 Å². The average molecular weight is 1240 g/mol. The Morgan fingerprint density at radius 3 is 2.03 bits per heavy atom. The third-order valence-corrected chi connectivity index (χ3v) is 16.0. The Morgan fingerprint density at radius 2 is 1.41 bits per heavy atom. The van der Waals surface area contributed by atoms with E-state index < -0.39 is 156 Å². The first-order chi connectivity index (χ1) is 41.4. The van der Waals surface area contributed by atoms with Gasteiger partial charge in [-0.25, -0.2) is 24.0 Å². The van der Waals surface area contributed by atoms with Crippen molar-refractivity contribution >= 4 is 47.7 Å². The van der Waals surface area contributed by atoms with Crippen molar-refractivity contribution in [2.24, 2.45) is 11.8 Å². The predicted octanol–water partition coefficient (Wildman–Crippen LogP) is -1.03. The monoisotopic (exact) mass is 1240 g/mol. The molecule has 0 aromatic carbocycles. The number of guanidine groups is 1. The van der Waals surface area contributed by atoms with Gasteiger partial charge in [0, 0.05) is 58.6 Å². The van der Waals surface area contributed by atoms with Crippen molar-refractivity contribution in [3.63, 3.8) is 0 Å². The van der Waals surface area contributed by atoms with Crippen LogP contribution >= 0.6 is 0 Å². The van der Waals surface area contributed by atoms with Crippen LogP contribution in [0, 0.1) is 17.2 Å². The minimum atomic E-state index is -1.97. The molecular formula is C56H95N13O18. The number of carboxylic acids is 1. The largest absolute Gasteiger partial charge is 0.480 e. The molecule has 4 aliphatic rings. The SMILES string of the molecule is CCCCCCCCNC(=O)NC[C@H]1OC(OC(C2C(=O)N(CCCCCCCC)C(=O)N2CCCNC(=O)C(NC(=O)C(NC(=O)NC(C(=O)O)C(C)C)C2CCNC(=N)N2)C(O)C(C)C)[C@H]2O[C@@H](n3ccc(=O)[nH]c3=O)[C@H](O)[C@H]2O)[C@@H](OC)[C@H]1O. The molecule has 5 heterocycles. The summed E-state index contributed by atoms with van der Waals surface area (Å²) in [7, 11) is 1.25. The number of imide groups is 1. The maximum atomic E-state index is 15.1. The van der Waals surface area contributed by atoms with E-state index in [0.717, 1.165) is 90.8 Å². The number of carboxylic acid groups (broad SMARTS) is 1. The van der Waals surface area contributed by atoms with E-state index in [1.807, 2.05) is 0 Å². The molecule has 5 rings (SSSR count). The van der Waals surface area contributed by atoms with E-state index in [1.54, 1.807) is 27.7 Å². The summed E-state index contributed by atoms with van der Waals surface area (Å²) in [4.78, 5) is 126. The zero-order chi connectivity index (χ0) is 64.1. The summed E-state index contributed by atoms with van der Waals surface area (Å²) in [5.41, 5.74) is -1.80. The minimum absolute atomic E-state index is 0.0573. The number of carbonyl (C=O) groups is 7. The smallest absolute Gasteiger partial charge is 0.330 e. The summed E-state index contributed by atoms with van der Waals surface area (Å²) in [6, 6.07) is -8.59. The van der Waals surface area contributed by atoms with Crippen LogP contribution in [0.3, 0.4) is 0 Å². The minimum Gasteiger partial charge on any atom is -0.480 e. The number of carbonyl (C=O) groups excluding carboxylic acids is 6. The zero-order valence-electron chi connectivity index (χ0n) is 51.0. The number of aromatic amines is 1. The number of H-pyrrole nitrogens is 1. The van der Waals surface area contributed by atoms with Crippen LogP contribution < -0.4 is 53.8 Å². The van der Waals surface area contributed by atoms with Crippen molar-refractivity contribution < 1.29 is 78.0 Å². The van der Waals surface area contributed by atoms with Crippen LogP contribution in [0.4, 0.5) is 14.4 Å². The quantitative estimate of drug-likeness (QED) is 0.0282. The van der Waals surface area contributed by atoms with Gasteiger partial charge in [-0.1, -0.05) is 106 Å². The molecule has 4 aliphatic heterocycles. The Bertz CT molecular complexity index is 2560. The van der Waals surface area contributed by atoms with Crippen molar-refractivity contribution in [3.05, 3.63) is 33.1 Å². The van der Waals surface area contributed by atoms with Gasteiger partial charge in [0.05, 0.1) is 12.1 Å². The van der Waals surface area contributed by atoms with Crippen LogP contribution in [0.5, 0.6) is 0 Å². The predicted molar refractivity (Wildman–Crippen MR) is 313 cm³/mol. The van der Waals surface area contributed by atoms with E-state index in [0.29, 0.717) is 19.4 Å². The maximum Gasteiger partial charge on any atom is 0.330 e. The number of ether oxygens (including phenoxy) is 4. The summed E-state index contributed by atoms with van der Waals surface area (Å²) in [6.07, 6.45) is -4.45. The molecule has 15 atom stereocenters. The standard InChI is InChI=1S/C56H95N13O18/c1-8-10-12-14-16-18-23-60-53(80)61-29-33-40(72)45(84-7)51(85-33)87-43(44-41(73)42(74)49(86-44)69-28-22-34(70)63-55(69)82)38-48(77)68(26-19-17-15-13-11-9-2)56(83)67(38)27-20-24-58-46(75)37(39(71)31(5)6)64-47(76)36(32-21-25-59-52(57)62-32)66-54(81)65-35(30(3)4)50(78)79/h22,28,30-33,35-45,49,51,71-74H,8-21,23-27,29H2,1-7H3,(H,58,75)(H,64,76)(H,78,79)(H3,57,59,62)(H2,60,61,80)(H,63,70,82)(H2,65,66,81)/t32?,33-,35?,36?,37?,38?,39?,40+,41-,42-,43?,44+,45+,49-,51?/m1/s1. The lowest BCUT2D eigenvalue weighted by Gasteiger charge is -2.36. The second-order valence-corrected chi connectivity index (χ2v) is 23.3. The Hall–Kier alpha value is -6.48. The fourth-order valence-electron chi connectivity index (χ4n) is 11.0.